The molecule has 2 N–H and O–H groups in total. The molecule has 2 heterocycles. The zero-order valence-electron chi connectivity index (χ0n) is 15.8. The van der Waals surface area contributed by atoms with E-state index in [-0.39, 0.29) is 6.04 Å². The van der Waals surface area contributed by atoms with Crippen LogP contribution in [-0.2, 0) is 0 Å². The second-order valence-corrected chi connectivity index (χ2v) is 7.53. The monoisotopic (exact) mass is 377 g/mol. The van der Waals surface area contributed by atoms with Gasteiger partial charge in [0.05, 0.1) is 0 Å². The number of benzene rings is 2. The lowest BCUT2D eigenvalue weighted by atomic mass is 9.96. The zero-order valence-corrected chi connectivity index (χ0v) is 15.8. The van der Waals surface area contributed by atoms with Gasteiger partial charge in [0.15, 0.2) is 11.5 Å². The molecule has 2 aromatic carbocycles. The second kappa shape index (κ2) is 7.24. The Hall–Kier alpha value is -2.93. The predicted molar refractivity (Wildman–Crippen MR) is 104 cm³/mol. The molecular formula is C21H23N5O2. The first kappa shape index (κ1) is 17.2. The van der Waals surface area contributed by atoms with Crippen LogP contribution in [0.3, 0.4) is 0 Å². The minimum atomic E-state index is 0.223. The highest BCUT2D eigenvalue weighted by Crippen LogP contribution is 2.40. The van der Waals surface area contributed by atoms with Gasteiger partial charge in [0.2, 0.25) is 12.6 Å². The quantitative estimate of drug-likeness (QED) is 0.707. The summed E-state index contributed by atoms with van der Waals surface area (Å²) in [5, 5.41) is 18.0. The minimum Gasteiger partial charge on any atom is -0.454 e. The van der Waals surface area contributed by atoms with Gasteiger partial charge in [-0.3, -0.25) is 0 Å². The standard InChI is InChI=1S/C21H23N5O2/c1-13(18-3-2-4-19-20(18)28-12-27-19)22-17-10-9-16(11-17)14-5-7-15(8-6-14)21-23-25-26-24-21/h2-8,13,16-17,22H,9-12H2,1H3,(H,23,24,25,26)/t13-,16+,17?/m1/s1. The molecule has 1 fully saturated rings. The van der Waals surface area contributed by atoms with Crippen LogP contribution >= 0.6 is 0 Å². The van der Waals surface area contributed by atoms with E-state index in [9.17, 15) is 0 Å². The fourth-order valence-electron chi connectivity index (χ4n) is 4.36. The molecule has 1 aliphatic carbocycles. The molecule has 7 heteroatoms. The van der Waals surface area contributed by atoms with Gasteiger partial charge in [0.1, 0.15) is 0 Å². The van der Waals surface area contributed by atoms with E-state index >= 15 is 0 Å². The van der Waals surface area contributed by atoms with Gasteiger partial charge >= 0.3 is 0 Å². The van der Waals surface area contributed by atoms with Crippen LogP contribution in [0.25, 0.3) is 11.4 Å². The summed E-state index contributed by atoms with van der Waals surface area (Å²) in [7, 11) is 0. The van der Waals surface area contributed by atoms with Crippen molar-refractivity contribution in [2.75, 3.05) is 6.79 Å². The molecule has 2 aliphatic rings. The summed E-state index contributed by atoms with van der Waals surface area (Å²) in [6.07, 6.45) is 3.50. The van der Waals surface area contributed by atoms with Crippen LogP contribution in [0.2, 0.25) is 0 Å². The lowest BCUT2D eigenvalue weighted by molar-refractivity contribution is 0.172. The van der Waals surface area contributed by atoms with Crippen molar-refractivity contribution in [2.24, 2.45) is 0 Å². The third kappa shape index (κ3) is 3.22. The number of hydrogen-bond donors (Lipinski definition) is 2. The molecular weight excluding hydrogens is 354 g/mol. The van der Waals surface area contributed by atoms with Crippen LogP contribution in [0.5, 0.6) is 11.5 Å². The Kier molecular flexibility index (Phi) is 4.44. The molecule has 7 nitrogen and oxygen atoms in total. The van der Waals surface area contributed by atoms with Crippen molar-refractivity contribution in [3.63, 3.8) is 0 Å². The second-order valence-electron chi connectivity index (χ2n) is 7.53. The third-order valence-corrected chi connectivity index (χ3v) is 5.80. The van der Waals surface area contributed by atoms with Gasteiger partial charge in [-0.25, -0.2) is 0 Å². The lowest BCUT2D eigenvalue weighted by Gasteiger charge is -2.21. The highest BCUT2D eigenvalue weighted by molar-refractivity contribution is 5.54. The Morgan fingerprint density at radius 2 is 2.00 bits per heavy atom. The van der Waals surface area contributed by atoms with E-state index in [1.165, 1.54) is 24.0 Å². The number of nitrogens with zero attached hydrogens (tertiary/aromatic N) is 3. The number of aromatic amines is 1. The number of tetrazole rings is 1. The molecule has 144 valence electrons. The molecule has 5 rings (SSSR count). The smallest absolute Gasteiger partial charge is 0.231 e. The SMILES string of the molecule is C[C@@H](NC1CC[C@H](c2ccc(-c3nn[nH]n3)cc2)C1)c1cccc2c1OCO2. The van der Waals surface area contributed by atoms with Crippen molar-refractivity contribution in [2.45, 2.75) is 44.2 Å². The Bertz CT molecular complexity index is 942. The maximum absolute atomic E-state index is 5.67. The number of aromatic nitrogens is 4. The molecule has 1 aromatic heterocycles. The first-order chi connectivity index (χ1) is 13.8. The van der Waals surface area contributed by atoms with E-state index in [2.05, 4.69) is 63.2 Å². The van der Waals surface area contributed by atoms with Gasteiger partial charge in [-0.15, -0.1) is 10.2 Å². The average Bonchev–Trinajstić information content (AvgIpc) is 3.48. The fraction of sp³-hybridized carbons (Fsp3) is 0.381. The number of H-pyrrole nitrogens is 1. The van der Waals surface area contributed by atoms with Crippen molar-refractivity contribution < 1.29 is 9.47 Å². The summed E-state index contributed by atoms with van der Waals surface area (Å²) in [6, 6.07) is 15.4. The number of fused-ring (bicyclic) bond motifs is 1. The maximum Gasteiger partial charge on any atom is 0.231 e. The van der Waals surface area contributed by atoms with E-state index in [1.54, 1.807) is 0 Å². The van der Waals surface area contributed by atoms with Crippen LogP contribution < -0.4 is 14.8 Å². The Labute approximate surface area is 163 Å². The molecule has 1 saturated carbocycles. The third-order valence-electron chi connectivity index (χ3n) is 5.80. The number of nitrogens with one attached hydrogen (secondary N) is 2. The number of ether oxygens (including phenoxy) is 2. The summed E-state index contributed by atoms with van der Waals surface area (Å²) in [5.74, 6) is 2.93. The molecule has 0 spiro atoms. The summed E-state index contributed by atoms with van der Waals surface area (Å²) >= 11 is 0. The van der Waals surface area contributed by atoms with Crippen LogP contribution in [0, 0.1) is 0 Å². The van der Waals surface area contributed by atoms with Gasteiger partial charge < -0.3 is 14.8 Å². The molecule has 3 aromatic rings. The summed E-state index contributed by atoms with van der Waals surface area (Å²) in [5.41, 5.74) is 3.53. The zero-order chi connectivity index (χ0) is 18.9. The largest absolute Gasteiger partial charge is 0.454 e. The summed E-state index contributed by atoms with van der Waals surface area (Å²) in [6.45, 7) is 2.51. The van der Waals surface area contributed by atoms with Gasteiger partial charge in [-0.1, -0.05) is 36.4 Å². The number of para-hydroxylation sites is 1. The van der Waals surface area contributed by atoms with Crippen molar-refractivity contribution in [1.29, 1.82) is 0 Å². The maximum atomic E-state index is 5.67. The van der Waals surface area contributed by atoms with Crippen molar-refractivity contribution in [1.82, 2.24) is 25.9 Å². The molecule has 0 saturated heterocycles. The molecule has 28 heavy (non-hydrogen) atoms. The highest BCUT2D eigenvalue weighted by Gasteiger charge is 2.28. The molecule has 1 aliphatic heterocycles. The normalized spacial score (nSPS) is 21.8. The Morgan fingerprint density at radius 1 is 1.11 bits per heavy atom. The highest BCUT2D eigenvalue weighted by atomic mass is 16.7. The van der Waals surface area contributed by atoms with Crippen LogP contribution in [0.15, 0.2) is 42.5 Å². The molecule has 3 atom stereocenters. The van der Waals surface area contributed by atoms with Gasteiger partial charge in [0.25, 0.3) is 0 Å². The lowest BCUT2D eigenvalue weighted by Crippen LogP contribution is -2.29. The van der Waals surface area contributed by atoms with Crippen molar-refractivity contribution in [3.8, 4) is 22.9 Å². The fourth-order valence-corrected chi connectivity index (χ4v) is 4.36. The van der Waals surface area contributed by atoms with Gasteiger partial charge in [-0.2, -0.15) is 5.21 Å². The molecule has 0 radical (unpaired) electrons. The molecule has 0 bridgehead atoms. The molecule has 0 amide bonds. The average molecular weight is 377 g/mol. The minimum absolute atomic E-state index is 0.223. The van der Waals surface area contributed by atoms with Crippen LogP contribution in [0.4, 0.5) is 0 Å². The van der Waals surface area contributed by atoms with E-state index < -0.39 is 0 Å². The predicted octanol–water partition coefficient (Wildman–Crippen LogP) is 3.58. The number of hydrogen-bond acceptors (Lipinski definition) is 6. The first-order valence-electron chi connectivity index (χ1n) is 9.76. The summed E-state index contributed by atoms with van der Waals surface area (Å²) < 4.78 is 11.2. The van der Waals surface area contributed by atoms with E-state index in [0.29, 0.717) is 24.6 Å². The van der Waals surface area contributed by atoms with E-state index in [4.69, 9.17) is 9.47 Å². The summed E-state index contributed by atoms with van der Waals surface area (Å²) in [4.78, 5) is 0. The van der Waals surface area contributed by atoms with Gasteiger partial charge in [-0.05, 0) is 48.9 Å². The van der Waals surface area contributed by atoms with E-state index in [1.807, 2.05) is 12.1 Å². The first-order valence-corrected chi connectivity index (χ1v) is 9.76. The Morgan fingerprint density at radius 3 is 2.82 bits per heavy atom. The van der Waals surface area contributed by atoms with Crippen LogP contribution in [0.1, 0.15) is 49.3 Å². The van der Waals surface area contributed by atoms with Crippen molar-refractivity contribution >= 4 is 0 Å². The van der Waals surface area contributed by atoms with Gasteiger partial charge in [0, 0.05) is 23.2 Å². The Balaban J connectivity index is 1.23. The number of rotatable bonds is 5. The van der Waals surface area contributed by atoms with E-state index in [0.717, 1.165) is 23.5 Å². The van der Waals surface area contributed by atoms with Crippen LogP contribution in [-0.4, -0.2) is 33.5 Å². The topological polar surface area (TPSA) is 85.0 Å². The molecule has 1 unspecified atom stereocenters. The van der Waals surface area contributed by atoms with Crippen molar-refractivity contribution in [3.05, 3.63) is 53.6 Å².